The molecule has 2 heterocycles. The Morgan fingerprint density at radius 1 is 1.53 bits per heavy atom. The lowest BCUT2D eigenvalue weighted by molar-refractivity contribution is 0.0578. The summed E-state index contributed by atoms with van der Waals surface area (Å²) >= 11 is 1.71. The summed E-state index contributed by atoms with van der Waals surface area (Å²) < 4.78 is 0. The van der Waals surface area contributed by atoms with Gasteiger partial charge in [-0.15, -0.1) is 11.3 Å². The van der Waals surface area contributed by atoms with Gasteiger partial charge in [-0.3, -0.25) is 4.79 Å². The third kappa shape index (κ3) is 2.43. The van der Waals surface area contributed by atoms with Crippen LogP contribution in [0.5, 0.6) is 0 Å². The Morgan fingerprint density at radius 3 is 3.11 bits per heavy atom. The molecule has 1 amide bonds. The number of fused-ring (bicyclic) bond motifs is 1. The standard InChI is InChI=1S/C15H22N2OS/c1-10-5-6-17(12(7-10)9-16)15(18)14-8-11-3-2-4-13(11)19-14/h8,10,12H,2-7,9,16H2,1H3. The van der Waals surface area contributed by atoms with Crippen molar-refractivity contribution in [2.75, 3.05) is 13.1 Å². The predicted molar refractivity (Wildman–Crippen MR) is 78.6 cm³/mol. The molecule has 1 fully saturated rings. The van der Waals surface area contributed by atoms with E-state index in [0.717, 1.165) is 37.1 Å². The van der Waals surface area contributed by atoms with Gasteiger partial charge in [-0.2, -0.15) is 0 Å². The van der Waals surface area contributed by atoms with E-state index in [2.05, 4.69) is 13.0 Å². The molecular formula is C15H22N2OS. The number of carbonyl (C=O) groups excluding carboxylic acids is 1. The molecule has 19 heavy (non-hydrogen) atoms. The molecule has 2 N–H and O–H groups in total. The van der Waals surface area contributed by atoms with E-state index in [4.69, 9.17) is 5.73 Å². The predicted octanol–water partition coefficient (Wildman–Crippen LogP) is 2.44. The topological polar surface area (TPSA) is 46.3 Å². The molecule has 0 aromatic carbocycles. The van der Waals surface area contributed by atoms with Crippen molar-refractivity contribution >= 4 is 17.2 Å². The number of hydrogen-bond donors (Lipinski definition) is 1. The van der Waals surface area contributed by atoms with Crippen LogP contribution in [-0.4, -0.2) is 29.9 Å². The number of thiophene rings is 1. The van der Waals surface area contributed by atoms with Crippen LogP contribution in [0.4, 0.5) is 0 Å². The Labute approximate surface area is 118 Å². The van der Waals surface area contributed by atoms with Gasteiger partial charge in [0, 0.05) is 24.0 Å². The number of rotatable bonds is 2. The number of amides is 1. The summed E-state index contributed by atoms with van der Waals surface area (Å²) in [5, 5.41) is 0. The normalized spacial score (nSPS) is 26.5. The van der Waals surface area contributed by atoms with Gasteiger partial charge in [-0.1, -0.05) is 6.92 Å². The van der Waals surface area contributed by atoms with E-state index < -0.39 is 0 Å². The molecule has 0 spiro atoms. The maximum absolute atomic E-state index is 12.7. The van der Waals surface area contributed by atoms with Crippen molar-refractivity contribution < 1.29 is 4.79 Å². The van der Waals surface area contributed by atoms with Crippen LogP contribution < -0.4 is 5.73 Å². The molecule has 2 unspecified atom stereocenters. The highest BCUT2D eigenvalue weighted by atomic mass is 32.1. The lowest BCUT2D eigenvalue weighted by atomic mass is 9.92. The van der Waals surface area contributed by atoms with Crippen molar-refractivity contribution in [3.8, 4) is 0 Å². The first-order valence-corrected chi connectivity index (χ1v) is 8.13. The minimum Gasteiger partial charge on any atom is -0.334 e. The summed E-state index contributed by atoms with van der Waals surface area (Å²) in [6.07, 6.45) is 5.71. The van der Waals surface area contributed by atoms with Gasteiger partial charge < -0.3 is 10.6 Å². The largest absolute Gasteiger partial charge is 0.334 e. The fourth-order valence-electron chi connectivity index (χ4n) is 3.32. The molecule has 104 valence electrons. The lowest BCUT2D eigenvalue weighted by Gasteiger charge is -2.37. The van der Waals surface area contributed by atoms with Gasteiger partial charge in [0.2, 0.25) is 0 Å². The first kappa shape index (κ1) is 13.1. The number of hydrogen-bond acceptors (Lipinski definition) is 3. The molecule has 1 saturated heterocycles. The highest BCUT2D eigenvalue weighted by Gasteiger charge is 2.31. The van der Waals surface area contributed by atoms with Crippen LogP contribution in [0.15, 0.2) is 6.07 Å². The Kier molecular flexibility index (Phi) is 3.63. The number of piperidine rings is 1. The Hall–Kier alpha value is -0.870. The van der Waals surface area contributed by atoms with Crippen LogP contribution in [0.2, 0.25) is 0 Å². The minimum atomic E-state index is 0.210. The van der Waals surface area contributed by atoms with E-state index in [1.165, 1.54) is 16.9 Å². The summed E-state index contributed by atoms with van der Waals surface area (Å²) in [6, 6.07) is 2.36. The average Bonchev–Trinajstić information content (AvgIpc) is 2.98. The van der Waals surface area contributed by atoms with Crippen molar-refractivity contribution in [3.63, 3.8) is 0 Å². The summed E-state index contributed by atoms with van der Waals surface area (Å²) in [7, 11) is 0. The second kappa shape index (κ2) is 5.25. The molecule has 0 radical (unpaired) electrons. The zero-order valence-electron chi connectivity index (χ0n) is 11.5. The van der Waals surface area contributed by atoms with Crippen molar-refractivity contribution in [2.24, 2.45) is 11.7 Å². The number of likely N-dealkylation sites (tertiary alicyclic amines) is 1. The highest BCUT2D eigenvalue weighted by Crippen LogP contribution is 2.32. The van der Waals surface area contributed by atoms with Crippen LogP contribution in [0.25, 0.3) is 0 Å². The Morgan fingerprint density at radius 2 is 2.37 bits per heavy atom. The highest BCUT2D eigenvalue weighted by molar-refractivity contribution is 7.14. The van der Waals surface area contributed by atoms with Crippen LogP contribution in [0, 0.1) is 5.92 Å². The number of nitrogens with two attached hydrogens (primary N) is 1. The van der Waals surface area contributed by atoms with E-state index in [-0.39, 0.29) is 11.9 Å². The van der Waals surface area contributed by atoms with Gasteiger partial charge in [0.05, 0.1) is 4.88 Å². The van der Waals surface area contributed by atoms with Gasteiger partial charge in [0.25, 0.3) is 5.91 Å². The Balaban J connectivity index is 1.78. The fourth-order valence-corrected chi connectivity index (χ4v) is 4.53. The molecule has 3 nitrogen and oxygen atoms in total. The van der Waals surface area contributed by atoms with Crippen LogP contribution >= 0.6 is 11.3 Å². The summed E-state index contributed by atoms with van der Waals surface area (Å²) in [5.41, 5.74) is 7.26. The van der Waals surface area contributed by atoms with Crippen LogP contribution in [0.1, 0.15) is 46.3 Å². The van der Waals surface area contributed by atoms with Gasteiger partial charge in [-0.05, 0) is 49.7 Å². The monoisotopic (exact) mass is 278 g/mol. The average molecular weight is 278 g/mol. The summed E-state index contributed by atoms with van der Waals surface area (Å²) in [5.74, 6) is 0.896. The molecular weight excluding hydrogens is 256 g/mol. The third-order valence-corrected chi connectivity index (χ3v) is 5.69. The van der Waals surface area contributed by atoms with E-state index in [9.17, 15) is 4.79 Å². The van der Waals surface area contributed by atoms with Gasteiger partial charge in [-0.25, -0.2) is 0 Å². The molecule has 4 heteroatoms. The Bertz CT molecular complexity index is 461. The first-order chi connectivity index (χ1) is 9.19. The van der Waals surface area contributed by atoms with E-state index in [0.29, 0.717) is 12.5 Å². The first-order valence-electron chi connectivity index (χ1n) is 7.31. The fraction of sp³-hybridized carbons (Fsp3) is 0.667. The van der Waals surface area contributed by atoms with Crippen molar-refractivity contribution in [2.45, 2.75) is 45.1 Å². The van der Waals surface area contributed by atoms with Gasteiger partial charge in [0.1, 0.15) is 0 Å². The molecule has 0 saturated carbocycles. The SMILES string of the molecule is CC1CCN(C(=O)c2cc3c(s2)CCC3)C(CN)C1. The molecule has 2 atom stereocenters. The number of carbonyl (C=O) groups is 1. The van der Waals surface area contributed by atoms with E-state index in [1.807, 2.05) is 4.90 Å². The maximum Gasteiger partial charge on any atom is 0.264 e. The molecule has 1 aromatic heterocycles. The van der Waals surface area contributed by atoms with Gasteiger partial charge in [0.15, 0.2) is 0 Å². The maximum atomic E-state index is 12.7. The summed E-state index contributed by atoms with van der Waals surface area (Å²) in [4.78, 5) is 17.0. The second-order valence-electron chi connectivity index (χ2n) is 5.93. The third-order valence-electron chi connectivity index (χ3n) is 4.47. The molecule has 3 rings (SSSR count). The second-order valence-corrected chi connectivity index (χ2v) is 7.07. The smallest absolute Gasteiger partial charge is 0.264 e. The molecule has 1 aliphatic heterocycles. The number of aryl methyl sites for hydroxylation is 2. The lowest BCUT2D eigenvalue weighted by Crippen LogP contribution is -2.49. The molecule has 1 aromatic rings. The zero-order valence-corrected chi connectivity index (χ0v) is 12.3. The van der Waals surface area contributed by atoms with Crippen molar-refractivity contribution in [1.29, 1.82) is 0 Å². The van der Waals surface area contributed by atoms with E-state index in [1.54, 1.807) is 11.3 Å². The number of nitrogens with zero attached hydrogens (tertiary/aromatic N) is 1. The molecule has 2 aliphatic rings. The van der Waals surface area contributed by atoms with Gasteiger partial charge >= 0.3 is 0 Å². The minimum absolute atomic E-state index is 0.210. The molecule has 0 bridgehead atoms. The summed E-state index contributed by atoms with van der Waals surface area (Å²) in [6.45, 7) is 3.70. The zero-order chi connectivity index (χ0) is 13.4. The molecule has 1 aliphatic carbocycles. The van der Waals surface area contributed by atoms with Crippen LogP contribution in [-0.2, 0) is 12.8 Å². The van der Waals surface area contributed by atoms with Crippen molar-refractivity contribution in [3.05, 3.63) is 21.4 Å². The van der Waals surface area contributed by atoms with Crippen molar-refractivity contribution in [1.82, 2.24) is 4.90 Å². The van der Waals surface area contributed by atoms with E-state index >= 15 is 0 Å². The van der Waals surface area contributed by atoms with Crippen LogP contribution in [0.3, 0.4) is 0 Å². The quantitative estimate of drug-likeness (QED) is 0.903.